The maximum atomic E-state index is 14.3. The number of phenols is 1. The number of phenolic OH excluding ortho intramolecular Hbond substituents is 1. The number of Topliss-reactive ketones (excluding diaryl/α,β-unsaturated/α-hetero) is 2. The number of hydrogen-bond donors (Lipinski definition) is 4. The van der Waals surface area contributed by atoms with E-state index in [0.717, 1.165) is 0 Å². The van der Waals surface area contributed by atoms with Crippen LogP contribution >= 0.6 is 0 Å². The number of carbonyl (C=O) groups is 3. The minimum absolute atomic E-state index is 0.0701. The molecule has 1 aromatic carbocycles. The van der Waals surface area contributed by atoms with Crippen molar-refractivity contribution in [2.24, 2.45) is 29.4 Å². The molecule has 4 aliphatic rings. The van der Waals surface area contributed by atoms with Gasteiger partial charge in [-0.15, -0.1) is 0 Å². The van der Waals surface area contributed by atoms with Crippen LogP contribution in [0.15, 0.2) is 48.1 Å². The molecule has 2 saturated carbocycles. The van der Waals surface area contributed by atoms with E-state index >= 15 is 0 Å². The number of aliphatic hydroxyl groups is 2. The van der Waals surface area contributed by atoms with Crippen molar-refractivity contribution in [2.75, 3.05) is 14.1 Å². The summed E-state index contributed by atoms with van der Waals surface area (Å²) in [5.41, 5.74) is 3.60. The van der Waals surface area contributed by atoms with Gasteiger partial charge in [0.05, 0.1) is 11.6 Å². The molecule has 0 bridgehead atoms. The number of nitrogens with two attached hydrogens (primary N) is 1. The van der Waals surface area contributed by atoms with E-state index in [-0.39, 0.29) is 23.7 Å². The molecule has 0 aromatic heterocycles. The predicted octanol–water partition coefficient (Wildman–Crippen LogP) is 1.05. The maximum absolute atomic E-state index is 14.3. The zero-order valence-electron chi connectivity index (χ0n) is 19.9. The van der Waals surface area contributed by atoms with Crippen LogP contribution in [0.5, 0.6) is 5.75 Å². The van der Waals surface area contributed by atoms with E-state index in [2.05, 4.69) is 0 Å². The van der Waals surface area contributed by atoms with Crippen LogP contribution in [0.2, 0.25) is 0 Å². The molecule has 0 spiro atoms. The van der Waals surface area contributed by atoms with Gasteiger partial charge in [0.15, 0.2) is 11.6 Å². The lowest BCUT2D eigenvalue weighted by Gasteiger charge is -2.55. The lowest BCUT2D eigenvalue weighted by Crippen LogP contribution is -2.68. The first-order valence-corrected chi connectivity index (χ1v) is 11.8. The van der Waals surface area contributed by atoms with Gasteiger partial charge in [-0.2, -0.15) is 0 Å². The number of ketones is 2. The number of fused-ring (bicyclic) bond motifs is 3. The summed E-state index contributed by atoms with van der Waals surface area (Å²) in [7, 11) is 3.32. The Morgan fingerprint density at radius 3 is 2.37 bits per heavy atom. The first-order chi connectivity index (χ1) is 16.4. The van der Waals surface area contributed by atoms with Crippen LogP contribution in [0, 0.1) is 23.7 Å². The third-order valence-electron chi connectivity index (χ3n) is 8.43. The molecule has 4 aliphatic carbocycles. The highest BCUT2D eigenvalue weighted by molar-refractivity contribution is 6.14. The van der Waals surface area contributed by atoms with E-state index in [0.29, 0.717) is 16.7 Å². The molecule has 3 unspecified atom stereocenters. The molecule has 2 fully saturated rings. The molecule has 1 aromatic rings. The number of carbonyl (C=O) groups excluding carboxylic acids is 3. The summed E-state index contributed by atoms with van der Waals surface area (Å²) in [6.07, 6.45) is 7.20. The number of likely N-dealkylation sites (N-methyl/N-ethyl adjacent to an activating group) is 1. The fourth-order valence-corrected chi connectivity index (χ4v) is 6.79. The molecule has 0 saturated heterocycles. The fourth-order valence-electron chi connectivity index (χ4n) is 6.79. The van der Waals surface area contributed by atoms with Gasteiger partial charge in [0, 0.05) is 35.3 Å². The smallest absolute Gasteiger partial charge is 0.228 e. The number of rotatable bonds is 3. The van der Waals surface area contributed by atoms with E-state index in [1.165, 1.54) is 6.07 Å². The summed E-state index contributed by atoms with van der Waals surface area (Å²) in [5.74, 6) is -5.21. The molecular weight excluding hydrogens is 448 g/mol. The summed E-state index contributed by atoms with van der Waals surface area (Å²) >= 11 is 0. The lowest BCUT2D eigenvalue weighted by molar-refractivity contribution is -0.172. The number of amides is 1. The minimum Gasteiger partial charge on any atom is -0.507 e. The molecule has 8 nitrogen and oxygen atoms in total. The number of aromatic hydroxyl groups is 1. The summed E-state index contributed by atoms with van der Waals surface area (Å²) in [5, 5.41) is 34.7. The fraction of sp³-hybridized carbons (Fsp3) is 0.444. The van der Waals surface area contributed by atoms with Crippen molar-refractivity contribution in [3.63, 3.8) is 0 Å². The van der Waals surface area contributed by atoms with Crippen LogP contribution in [0.3, 0.4) is 0 Å². The highest BCUT2D eigenvalue weighted by atomic mass is 16.3. The maximum Gasteiger partial charge on any atom is 0.228 e. The Kier molecular flexibility index (Phi) is 5.22. The Labute approximate surface area is 203 Å². The van der Waals surface area contributed by atoms with E-state index in [4.69, 9.17) is 5.73 Å². The molecule has 1 amide bonds. The van der Waals surface area contributed by atoms with Gasteiger partial charge in [0.1, 0.15) is 17.3 Å². The van der Waals surface area contributed by atoms with Crippen molar-refractivity contribution in [1.82, 2.24) is 4.90 Å². The normalized spacial score (nSPS) is 36.4. The molecule has 0 heterocycles. The molecule has 0 aliphatic heterocycles. The van der Waals surface area contributed by atoms with Crippen molar-refractivity contribution in [3.05, 3.63) is 59.2 Å². The third kappa shape index (κ3) is 3.13. The number of primary amides is 1. The standard InChI is InChI=1S/C27H30N2O6/c1-26(34)15-9-6-10-18(30)20(15)19(13-7-4-5-8-13)21-16(26)11-17-22(29(2)3)23(31)14(25(28)33)12-27(17,35)24(21)32/h4-10,13-14,16-17,22,30,34-35H,11-12H2,1-3H3,(H2,28,33)/t14?,16?,17?,22-,26+,27-/m0/s1. The average Bonchev–Trinajstić information content (AvgIpc) is 3.30. The van der Waals surface area contributed by atoms with Gasteiger partial charge < -0.3 is 21.1 Å². The number of allylic oxidation sites excluding steroid dienone is 5. The van der Waals surface area contributed by atoms with Gasteiger partial charge in [0.25, 0.3) is 0 Å². The zero-order chi connectivity index (χ0) is 25.4. The lowest BCUT2D eigenvalue weighted by atomic mass is 9.51. The molecular formula is C27H30N2O6. The van der Waals surface area contributed by atoms with Gasteiger partial charge >= 0.3 is 0 Å². The SMILES string of the molecule is CN(C)[C@@H]1C(=O)C(C(N)=O)C[C@@]2(O)C(=O)C3=C(C4C=CC=C4)c4c(O)cccc4[C@@](C)(O)C3CC12. The highest BCUT2D eigenvalue weighted by Crippen LogP contribution is 2.59. The van der Waals surface area contributed by atoms with Gasteiger partial charge in [-0.05, 0) is 44.6 Å². The Morgan fingerprint density at radius 2 is 1.77 bits per heavy atom. The van der Waals surface area contributed by atoms with Gasteiger partial charge in [-0.25, -0.2) is 0 Å². The number of benzene rings is 1. The molecule has 0 radical (unpaired) electrons. The van der Waals surface area contributed by atoms with E-state index < -0.39 is 58.9 Å². The highest BCUT2D eigenvalue weighted by Gasteiger charge is 2.65. The predicted molar refractivity (Wildman–Crippen MR) is 128 cm³/mol. The molecule has 5 rings (SSSR count). The van der Waals surface area contributed by atoms with Crippen molar-refractivity contribution < 1.29 is 29.7 Å². The van der Waals surface area contributed by atoms with Crippen molar-refractivity contribution >= 4 is 23.0 Å². The van der Waals surface area contributed by atoms with Gasteiger partial charge in [-0.1, -0.05) is 36.4 Å². The van der Waals surface area contributed by atoms with Crippen LogP contribution in [-0.4, -0.2) is 63.4 Å². The minimum atomic E-state index is -2.02. The molecule has 184 valence electrons. The van der Waals surface area contributed by atoms with Crippen LogP contribution in [0.4, 0.5) is 0 Å². The second kappa shape index (κ2) is 7.71. The number of hydrogen-bond acceptors (Lipinski definition) is 7. The van der Waals surface area contributed by atoms with Crippen LogP contribution in [-0.2, 0) is 20.0 Å². The second-order valence-electron chi connectivity index (χ2n) is 10.6. The summed E-state index contributed by atoms with van der Waals surface area (Å²) < 4.78 is 0. The Bertz CT molecular complexity index is 1230. The van der Waals surface area contributed by atoms with Crippen molar-refractivity contribution in [2.45, 2.75) is 37.0 Å². The zero-order valence-corrected chi connectivity index (χ0v) is 19.9. The monoisotopic (exact) mass is 478 g/mol. The average molecular weight is 479 g/mol. The molecule has 5 N–H and O–H groups in total. The summed E-state index contributed by atoms with van der Waals surface area (Å²) in [6, 6.07) is 3.97. The van der Waals surface area contributed by atoms with Gasteiger partial charge in [-0.3, -0.25) is 19.3 Å². The first-order valence-electron chi connectivity index (χ1n) is 11.8. The Morgan fingerprint density at radius 1 is 1.11 bits per heavy atom. The van der Waals surface area contributed by atoms with Crippen LogP contribution in [0.25, 0.3) is 5.57 Å². The van der Waals surface area contributed by atoms with E-state index in [9.17, 15) is 29.7 Å². The van der Waals surface area contributed by atoms with Crippen molar-refractivity contribution in [3.8, 4) is 5.75 Å². The number of nitrogens with zero attached hydrogens (tertiary/aromatic N) is 1. The van der Waals surface area contributed by atoms with Crippen LogP contribution < -0.4 is 5.73 Å². The topological polar surface area (TPSA) is 141 Å². The molecule has 6 atom stereocenters. The van der Waals surface area contributed by atoms with Gasteiger partial charge in [0.2, 0.25) is 5.91 Å². The van der Waals surface area contributed by atoms with Crippen LogP contribution in [0.1, 0.15) is 30.9 Å². The largest absolute Gasteiger partial charge is 0.507 e. The Hall–Kier alpha value is -3.07. The summed E-state index contributed by atoms with van der Waals surface area (Å²) in [6.45, 7) is 1.60. The van der Waals surface area contributed by atoms with E-state index in [1.54, 1.807) is 38.1 Å². The summed E-state index contributed by atoms with van der Waals surface area (Å²) in [4.78, 5) is 41.4. The molecule has 35 heavy (non-hydrogen) atoms. The third-order valence-corrected chi connectivity index (χ3v) is 8.43. The van der Waals surface area contributed by atoms with Crippen molar-refractivity contribution in [1.29, 1.82) is 0 Å². The first kappa shape index (κ1) is 23.7. The molecule has 8 heteroatoms. The quantitative estimate of drug-likeness (QED) is 0.476. The van der Waals surface area contributed by atoms with E-state index in [1.807, 2.05) is 24.3 Å². The Balaban J connectivity index is 1.79. The second-order valence-corrected chi connectivity index (χ2v) is 10.6.